The predicted octanol–water partition coefficient (Wildman–Crippen LogP) is 3.59. The summed E-state index contributed by atoms with van der Waals surface area (Å²) in [5, 5.41) is 10.7. The predicted molar refractivity (Wildman–Crippen MR) is 92.4 cm³/mol. The van der Waals surface area contributed by atoms with E-state index in [2.05, 4.69) is 6.08 Å². The van der Waals surface area contributed by atoms with Crippen LogP contribution in [-0.2, 0) is 11.2 Å². The Morgan fingerprint density at radius 2 is 1.91 bits per heavy atom. The zero-order valence-corrected chi connectivity index (χ0v) is 14.2. The summed E-state index contributed by atoms with van der Waals surface area (Å²) in [4.78, 5) is 14.4. The average molecular weight is 334 g/mol. The molecule has 2 aliphatic rings. The number of nitrogens with zero attached hydrogens (tertiary/aromatic N) is 1. The fourth-order valence-corrected chi connectivity index (χ4v) is 3.80. The smallest absolute Gasteiger partial charge is 0.249 e. The van der Waals surface area contributed by atoms with Gasteiger partial charge in [0.2, 0.25) is 5.91 Å². The summed E-state index contributed by atoms with van der Waals surface area (Å²) in [6.07, 6.45) is 7.69. The van der Waals surface area contributed by atoms with Crippen LogP contribution in [0.15, 0.2) is 35.9 Å². The van der Waals surface area contributed by atoms with E-state index in [-0.39, 0.29) is 17.9 Å². The van der Waals surface area contributed by atoms with Crippen LogP contribution in [0.2, 0.25) is 5.02 Å². The molecule has 124 valence electrons. The maximum absolute atomic E-state index is 12.5. The minimum Gasteiger partial charge on any atom is -0.396 e. The number of carbonyl (C=O) groups excluding carboxylic acids is 1. The Morgan fingerprint density at radius 3 is 2.48 bits per heavy atom. The van der Waals surface area contributed by atoms with Gasteiger partial charge in [0.15, 0.2) is 0 Å². The van der Waals surface area contributed by atoms with E-state index in [4.69, 9.17) is 11.6 Å². The molecule has 3 rings (SSSR count). The molecule has 1 heterocycles. The van der Waals surface area contributed by atoms with E-state index < -0.39 is 0 Å². The molecular formula is C19H24ClNO2. The van der Waals surface area contributed by atoms with Crippen molar-refractivity contribution in [3.05, 3.63) is 46.5 Å². The Morgan fingerprint density at radius 1 is 1.22 bits per heavy atom. The summed E-state index contributed by atoms with van der Waals surface area (Å²) in [6.45, 7) is 1.65. The second-order valence-electron chi connectivity index (χ2n) is 6.88. The van der Waals surface area contributed by atoms with Gasteiger partial charge in [-0.3, -0.25) is 4.79 Å². The van der Waals surface area contributed by atoms with Crippen molar-refractivity contribution >= 4 is 17.5 Å². The van der Waals surface area contributed by atoms with Crippen LogP contribution in [0.5, 0.6) is 0 Å². The summed E-state index contributed by atoms with van der Waals surface area (Å²) in [6, 6.07) is 7.85. The molecule has 1 aromatic rings. The Kier molecular flexibility index (Phi) is 5.08. The van der Waals surface area contributed by atoms with Gasteiger partial charge in [0, 0.05) is 35.7 Å². The number of rotatable bonds is 4. The van der Waals surface area contributed by atoms with Crippen LogP contribution in [0.1, 0.15) is 37.7 Å². The van der Waals surface area contributed by atoms with Crippen molar-refractivity contribution in [2.75, 3.05) is 19.7 Å². The molecule has 0 spiro atoms. The van der Waals surface area contributed by atoms with Crippen molar-refractivity contribution in [1.29, 1.82) is 0 Å². The summed E-state index contributed by atoms with van der Waals surface area (Å²) in [5.41, 5.74) is 2.07. The van der Waals surface area contributed by atoms with E-state index in [1.54, 1.807) is 0 Å². The van der Waals surface area contributed by atoms with Gasteiger partial charge in [0.25, 0.3) is 0 Å². The fourth-order valence-electron chi connectivity index (χ4n) is 3.68. The summed E-state index contributed by atoms with van der Waals surface area (Å²) < 4.78 is 0. The van der Waals surface area contributed by atoms with Gasteiger partial charge < -0.3 is 10.0 Å². The molecule has 1 amide bonds. The van der Waals surface area contributed by atoms with Crippen LogP contribution in [0.25, 0.3) is 0 Å². The molecule has 0 radical (unpaired) electrons. The lowest BCUT2D eigenvalue weighted by molar-refractivity contribution is -0.130. The standard InChI is InChI=1S/C19H24ClNO2/c20-17-7-5-15(6-8-17)13-19(14-22)9-11-21(12-10-19)18(23)16-3-1-2-4-16/h3,5-8,22H,1-2,4,9-14H2. The highest BCUT2D eigenvalue weighted by atomic mass is 35.5. The number of amides is 1. The first-order chi connectivity index (χ1) is 11.1. The highest BCUT2D eigenvalue weighted by Gasteiger charge is 2.36. The first-order valence-electron chi connectivity index (χ1n) is 8.46. The number of halogens is 1. The molecule has 23 heavy (non-hydrogen) atoms. The minimum absolute atomic E-state index is 0.116. The van der Waals surface area contributed by atoms with Gasteiger partial charge in [0.1, 0.15) is 0 Å². The summed E-state index contributed by atoms with van der Waals surface area (Å²) in [5.74, 6) is 0.209. The van der Waals surface area contributed by atoms with Crippen LogP contribution in [0.3, 0.4) is 0 Å². The number of carbonyl (C=O) groups is 1. The minimum atomic E-state index is -0.116. The SMILES string of the molecule is O=C(C1=CCCC1)N1CCC(CO)(Cc2ccc(Cl)cc2)CC1. The highest BCUT2D eigenvalue weighted by molar-refractivity contribution is 6.30. The third kappa shape index (κ3) is 3.78. The van der Waals surface area contributed by atoms with Gasteiger partial charge in [-0.2, -0.15) is 0 Å². The van der Waals surface area contributed by atoms with Gasteiger partial charge in [0.05, 0.1) is 0 Å². The monoisotopic (exact) mass is 333 g/mol. The van der Waals surface area contributed by atoms with Crippen molar-refractivity contribution in [2.24, 2.45) is 5.41 Å². The Balaban J connectivity index is 1.62. The fraction of sp³-hybridized carbons (Fsp3) is 0.526. The van der Waals surface area contributed by atoms with Gasteiger partial charge in [-0.25, -0.2) is 0 Å². The molecule has 1 aliphatic heterocycles. The van der Waals surface area contributed by atoms with E-state index in [0.717, 1.165) is 62.2 Å². The van der Waals surface area contributed by atoms with Crippen molar-refractivity contribution in [3.8, 4) is 0 Å². The van der Waals surface area contributed by atoms with Crippen LogP contribution in [-0.4, -0.2) is 35.6 Å². The van der Waals surface area contributed by atoms with Crippen molar-refractivity contribution in [2.45, 2.75) is 38.5 Å². The van der Waals surface area contributed by atoms with Crippen molar-refractivity contribution in [3.63, 3.8) is 0 Å². The molecule has 1 fully saturated rings. The second-order valence-corrected chi connectivity index (χ2v) is 7.31. The van der Waals surface area contributed by atoms with Crippen LogP contribution >= 0.6 is 11.6 Å². The number of piperidine rings is 1. The lowest BCUT2D eigenvalue weighted by atomic mass is 9.74. The van der Waals surface area contributed by atoms with Crippen molar-refractivity contribution in [1.82, 2.24) is 4.90 Å². The lowest BCUT2D eigenvalue weighted by Crippen LogP contribution is -2.46. The van der Waals surface area contributed by atoms with Gasteiger partial charge >= 0.3 is 0 Å². The van der Waals surface area contributed by atoms with Gasteiger partial charge in [-0.15, -0.1) is 0 Å². The number of likely N-dealkylation sites (tertiary alicyclic amines) is 1. The van der Waals surface area contributed by atoms with Gasteiger partial charge in [-0.1, -0.05) is 29.8 Å². The Hall–Kier alpha value is -1.32. The number of aliphatic hydroxyl groups excluding tert-OH is 1. The average Bonchev–Trinajstić information content (AvgIpc) is 3.11. The first-order valence-corrected chi connectivity index (χ1v) is 8.83. The van der Waals surface area contributed by atoms with Crippen LogP contribution in [0.4, 0.5) is 0 Å². The number of hydrogen-bond acceptors (Lipinski definition) is 2. The molecule has 1 aromatic carbocycles. The van der Waals surface area contributed by atoms with E-state index in [9.17, 15) is 9.90 Å². The topological polar surface area (TPSA) is 40.5 Å². The van der Waals surface area contributed by atoms with Crippen molar-refractivity contribution < 1.29 is 9.90 Å². The molecule has 1 aliphatic carbocycles. The largest absolute Gasteiger partial charge is 0.396 e. The van der Waals surface area contributed by atoms with E-state index in [1.165, 1.54) is 5.56 Å². The third-order valence-electron chi connectivity index (χ3n) is 5.25. The highest BCUT2D eigenvalue weighted by Crippen LogP contribution is 2.36. The van der Waals surface area contributed by atoms with Crippen LogP contribution < -0.4 is 0 Å². The molecular weight excluding hydrogens is 310 g/mol. The molecule has 0 bridgehead atoms. The molecule has 0 unspecified atom stereocenters. The summed E-state index contributed by atoms with van der Waals surface area (Å²) >= 11 is 5.94. The Bertz CT molecular complexity index is 586. The lowest BCUT2D eigenvalue weighted by Gasteiger charge is -2.41. The normalized spacial score (nSPS) is 20.4. The maximum Gasteiger partial charge on any atom is 0.249 e. The zero-order valence-electron chi connectivity index (χ0n) is 13.4. The zero-order chi connectivity index (χ0) is 16.3. The molecule has 1 saturated heterocycles. The number of hydrogen-bond donors (Lipinski definition) is 1. The van der Waals surface area contributed by atoms with E-state index in [0.29, 0.717) is 0 Å². The number of allylic oxidation sites excluding steroid dienone is 1. The third-order valence-corrected chi connectivity index (χ3v) is 5.51. The molecule has 0 atom stereocenters. The Labute approximate surface area is 142 Å². The quantitative estimate of drug-likeness (QED) is 0.914. The number of aliphatic hydroxyl groups is 1. The van der Waals surface area contributed by atoms with E-state index in [1.807, 2.05) is 29.2 Å². The molecule has 4 heteroatoms. The summed E-state index contributed by atoms with van der Waals surface area (Å²) in [7, 11) is 0. The first kappa shape index (κ1) is 16.5. The molecule has 1 N–H and O–H groups in total. The van der Waals surface area contributed by atoms with Crippen LogP contribution in [0, 0.1) is 5.41 Å². The molecule has 3 nitrogen and oxygen atoms in total. The second kappa shape index (κ2) is 7.06. The molecule has 0 saturated carbocycles. The van der Waals surface area contributed by atoms with Gasteiger partial charge in [-0.05, 0) is 56.2 Å². The van der Waals surface area contributed by atoms with E-state index >= 15 is 0 Å². The number of benzene rings is 1. The molecule has 0 aromatic heterocycles. The maximum atomic E-state index is 12.5.